The fraction of sp³-hybridized carbons (Fsp3) is 0.952. The Bertz CT molecular complexity index is 1320. The average Bonchev–Trinajstić information content (AvgIpc) is 3.18. The number of carbonyl (C=O) groups is 1. The van der Waals surface area contributed by atoms with Crippen LogP contribution in [0, 0.1) is 23.7 Å². The maximum absolute atomic E-state index is 14.4. The van der Waals surface area contributed by atoms with Crippen molar-refractivity contribution in [3.05, 3.63) is 0 Å². The maximum Gasteiger partial charge on any atom is 0.311 e. The van der Waals surface area contributed by atoms with Gasteiger partial charge >= 0.3 is 5.97 Å². The monoisotopic (exact) mass is 851 g/mol. The summed E-state index contributed by atoms with van der Waals surface area (Å²) in [5, 5.41) is 51.2. The first-order valence-electron chi connectivity index (χ1n) is 21.1. The Labute approximate surface area is 352 Å². The van der Waals surface area contributed by atoms with Crippen molar-refractivity contribution in [1.29, 1.82) is 0 Å². The van der Waals surface area contributed by atoms with Gasteiger partial charge < -0.3 is 72.8 Å². The fourth-order valence-electron chi connectivity index (χ4n) is 9.11. The molecular formula is C42H78N2O15. The van der Waals surface area contributed by atoms with Gasteiger partial charge in [-0.15, -0.1) is 0 Å². The van der Waals surface area contributed by atoms with Crippen LogP contribution in [0.15, 0.2) is 5.16 Å². The van der Waals surface area contributed by atoms with E-state index in [9.17, 15) is 25.2 Å². The summed E-state index contributed by atoms with van der Waals surface area (Å²) in [5.74, 6) is -3.72. The summed E-state index contributed by atoms with van der Waals surface area (Å²) in [7, 11) is 8.41. The SMILES string of the molecule is CC[C@H]1OC(=O)[C@H](C)[C@@H](O[C@H]2CC(C)(OC)[C@@H](O)[C@@H](C)O2)[C@H](C)[C@@H](O[C@@H]2OC(C)CC(N(C)C)C2O)[C@](C)(OC)C[C@@H](C)C(=NOCOCCOC)[C@H](C)[C@@H](O)[C@]1(C)O. The molecule has 17 nitrogen and oxygen atoms in total. The molecular weight excluding hydrogens is 772 g/mol. The number of oxime groups is 1. The van der Waals surface area contributed by atoms with Crippen LogP contribution in [0.4, 0.5) is 0 Å². The normalized spacial score (nSPS) is 45.3. The molecule has 17 heteroatoms. The lowest BCUT2D eigenvalue weighted by Gasteiger charge is -2.50. The van der Waals surface area contributed by atoms with Gasteiger partial charge in [-0.3, -0.25) is 4.79 Å². The summed E-state index contributed by atoms with van der Waals surface area (Å²) in [6, 6.07) is -0.287. The number of likely N-dealkylation sites (N-methyl/N-ethyl adjacent to an activating group) is 1. The third-order valence-corrected chi connectivity index (χ3v) is 13.0. The van der Waals surface area contributed by atoms with E-state index in [-0.39, 0.29) is 44.8 Å². The second-order valence-electron chi connectivity index (χ2n) is 17.9. The average molecular weight is 851 g/mol. The standard InChI is InChI=1S/C42H78N2O15/c1-16-30-42(10,49)35(46)25(4)32(43-54-22-53-18-17-50-13)23(2)20-41(9,52-15)37(59-39-33(45)29(44(11)12)19-24(3)55-39)26(5)34(27(6)38(48)57-30)58-31-21-40(8,51-14)36(47)28(7)56-31/h23-31,33-37,39,45-47,49H,16-22H2,1-15H3/t23-,24?,25+,26+,27-,28-,29?,30-,31+,33?,34+,35-,36+,37-,39+,40?,41-,42-/m1/s1. The minimum absolute atomic E-state index is 0.127. The van der Waals surface area contributed by atoms with Gasteiger partial charge in [0.1, 0.15) is 23.9 Å². The van der Waals surface area contributed by atoms with Crippen LogP contribution in [-0.4, -0.2) is 177 Å². The zero-order valence-corrected chi connectivity index (χ0v) is 38.3. The quantitative estimate of drug-likeness (QED) is 0.0859. The van der Waals surface area contributed by atoms with Gasteiger partial charge in [-0.05, 0) is 74.9 Å². The fourth-order valence-corrected chi connectivity index (χ4v) is 9.11. The smallest absolute Gasteiger partial charge is 0.311 e. The van der Waals surface area contributed by atoms with Gasteiger partial charge in [0.05, 0.1) is 66.6 Å². The van der Waals surface area contributed by atoms with E-state index >= 15 is 0 Å². The maximum atomic E-state index is 14.4. The lowest BCUT2D eigenvalue weighted by atomic mass is 9.73. The van der Waals surface area contributed by atoms with Crippen molar-refractivity contribution in [2.75, 3.05) is 55.4 Å². The van der Waals surface area contributed by atoms with Gasteiger partial charge in [-0.25, -0.2) is 0 Å². The predicted octanol–water partition coefficient (Wildman–Crippen LogP) is 2.86. The van der Waals surface area contributed by atoms with Crippen molar-refractivity contribution in [3.8, 4) is 0 Å². The number of aliphatic hydroxyl groups excluding tert-OH is 3. The van der Waals surface area contributed by atoms with E-state index < -0.39 is 102 Å². The van der Waals surface area contributed by atoms with E-state index in [1.807, 2.05) is 46.7 Å². The van der Waals surface area contributed by atoms with Crippen molar-refractivity contribution in [1.82, 2.24) is 4.90 Å². The number of methoxy groups -OCH3 is 3. The molecule has 18 atom stereocenters. The summed E-state index contributed by atoms with van der Waals surface area (Å²) in [6.45, 7) is 18.1. The first kappa shape index (κ1) is 51.8. The van der Waals surface area contributed by atoms with E-state index in [0.29, 0.717) is 18.7 Å². The number of rotatable bonds is 14. The van der Waals surface area contributed by atoms with E-state index in [2.05, 4.69) is 5.16 Å². The number of ether oxygens (including phenoxy) is 9. The van der Waals surface area contributed by atoms with Crippen molar-refractivity contribution >= 4 is 11.7 Å². The van der Waals surface area contributed by atoms with Gasteiger partial charge in [0.25, 0.3) is 0 Å². The minimum atomic E-state index is -1.94. The first-order valence-corrected chi connectivity index (χ1v) is 21.1. The molecule has 0 aromatic carbocycles. The van der Waals surface area contributed by atoms with Crippen LogP contribution >= 0.6 is 0 Å². The number of nitrogens with zero attached hydrogens (tertiary/aromatic N) is 2. The molecule has 0 radical (unpaired) electrons. The minimum Gasteiger partial charge on any atom is -0.459 e. The Balaban J connectivity index is 2.26. The van der Waals surface area contributed by atoms with Crippen LogP contribution in [0.3, 0.4) is 0 Å². The lowest BCUT2D eigenvalue weighted by molar-refractivity contribution is -0.319. The van der Waals surface area contributed by atoms with Crippen LogP contribution in [0.1, 0.15) is 94.9 Å². The summed E-state index contributed by atoms with van der Waals surface area (Å²) >= 11 is 0. The molecule has 0 bridgehead atoms. The van der Waals surface area contributed by atoms with Crippen molar-refractivity contribution in [2.45, 2.75) is 179 Å². The van der Waals surface area contributed by atoms with Crippen molar-refractivity contribution < 1.29 is 72.7 Å². The van der Waals surface area contributed by atoms with E-state index in [4.69, 9.17) is 47.5 Å². The van der Waals surface area contributed by atoms with E-state index in [1.165, 1.54) is 14.0 Å². The summed E-state index contributed by atoms with van der Waals surface area (Å²) < 4.78 is 55.2. The zero-order valence-electron chi connectivity index (χ0n) is 38.3. The molecule has 0 aromatic heterocycles. The molecule has 3 aliphatic rings. The molecule has 3 heterocycles. The Hall–Kier alpha value is -1.58. The number of carbonyl (C=O) groups excluding carboxylic acids is 1. The molecule has 3 rings (SSSR count). The molecule has 0 spiro atoms. The highest BCUT2D eigenvalue weighted by atomic mass is 16.7. The second kappa shape index (κ2) is 22.2. The Morgan fingerprint density at radius 1 is 0.864 bits per heavy atom. The molecule has 3 fully saturated rings. The summed E-state index contributed by atoms with van der Waals surface area (Å²) in [4.78, 5) is 22.0. The van der Waals surface area contributed by atoms with Gasteiger partial charge in [-0.1, -0.05) is 32.9 Å². The van der Waals surface area contributed by atoms with Gasteiger partial charge in [0.15, 0.2) is 12.6 Å². The van der Waals surface area contributed by atoms with Crippen LogP contribution in [-0.2, 0) is 52.3 Å². The topological polar surface area (TPSA) is 206 Å². The molecule has 346 valence electrons. The number of cyclic esters (lactones) is 1. The van der Waals surface area contributed by atoms with E-state index in [0.717, 1.165) is 0 Å². The third kappa shape index (κ3) is 12.3. The van der Waals surface area contributed by atoms with Crippen molar-refractivity contribution in [2.24, 2.45) is 28.8 Å². The van der Waals surface area contributed by atoms with Crippen LogP contribution in [0.2, 0.25) is 0 Å². The molecule has 3 saturated heterocycles. The van der Waals surface area contributed by atoms with Gasteiger partial charge in [-0.2, -0.15) is 0 Å². The number of aliphatic hydroxyl groups is 4. The highest BCUT2D eigenvalue weighted by Crippen LogP contribution is 2.42. The Kier molecular flexibility index (Phi) is 19.4. The van der Waals surface area contributed by atoms with Crippen LogP contribution in [0.5, 0.6) is 0 Å². The molecule has 0 aromatic rings. The molecule has 59 heavy (non-hydrogen) atoms. The first-order chi connectivity index (χ1) is 27.5. The van der Waals surface area contributed by atoms with Crippen molar-refractivity contribution in [3.63, 3.8) is 0 Å². The zero-order chi connectivity index (χ0) is 44.6. The molecule has 4 N–H and O–H groups in total. The largest absolute Gasteiger partial charge is 0.459 e. The number of esters is 1. The number of hydrogen-bond acceptors (Lipinski definition) is 17. The van der Waals surface area contributed by atoms with Gasteiger partial charge in [0, 0.05) is 51.5 Å². The van der Waals surface area contributed by atoms with E-state index in [1.54, 1.807) is 48.8 Å². The molecule has 0 aliphatic carbocycles. The predicted molar refractivity (Wildman–Crippen MR) is 217 cm³/mol. The highest BCUT2D eigenvalue weighted by molar-refractivity contribution is 5.88. The Morgan fingerprint density at radius 3 is 2.08 bits per heavy atom. The third-order valence-electron chi connectivity index (χ3n) is 13.0. The highest BCUT2D eigenvalue weighted by Gasteiger charge is 2.54. The molecule has 0 amide bonds. The molecule has 3 aliphatic heterocycles. The summed E-state index contributed by atoms with van der Waals surface area (Å²) in [5.41, 5.74) is -3.81. The number of hydrogen-bond donors (Lipinski definition) is 4. The Morgan fingerprint density at radius 2 is 1.51 bits per heavy atom. The lowest BCUT2D eigenvalue weighted by Crippen LogP contribution is -2.61. The second-order valence-corrected chi connectivity index (χ2v) is 17.9. The van der Waals surface area contributed by atoms with Crippen LogP contribution < -0.4 is 0 Å². The molecule has 4 unspecified atom stereocenters. The van der Waals surface area contributed by atoms with Crippen LogP contribution in [0.25, 0.3) is 0 Å². The summed E-state index contributed by atoms with van der Waals surface area (Å²) in [6.07, 6.45) is -8.52. The molecule has 0 saturated carbocycles. The van der Waals surface area contributed by atoms with Gasteiger partial charge in [0.2, 0.25) is 6.79 Å².